The van der Waals surface area contributed by atoms with E-state index in [2.05, 4.69) is 5.32 Å². The second-order valence-electron chi connectivity index (χ2n) is 4.96. The van der Waals surface area contributed by atoms with Gasteiger partial charge in [-0.1, -0.05) is 13.8 Å². The van der Waals surface area contributed by atoms with Crippen molar-refractivity contribution < 1.29 is 13.5 Å². The first-order valence-electron chi connectivity index (χ1n) is 5.12. The quantitative estimate of drug-likeness (QED) is 0.751. The average molecular weight is 205 g/mol. The Labute approximate surface area is 83.0 Å². The lowest BCUT2D eigenvalue weighted by molar-refractivity contribution is 0.0310. The van der Waals surface area contributed by atoms with Crippen LogP contribution >= 0.6 is 0 Å². The molecule has 0 aromatic heterocycles. The number of alkyl halides is 2. The van der Waals surface area contributed by atoms with E-state index in [0.29, 0.717) is 12.5 Å². The van der Waals surface area contributed by atoms with Crippen LogP contribution in [0, 0.1) is 17.3 Å². The zero-order valence-electron chi connectivity index (χ0n) is 8.65. The van der Waals surface area contributed by atoms with Gasteiger partial charge in [-0.3, -0.25) is 0 Å². The van der Waals surface area contributed by atoms with Crippen molar-refractivity contribution in [3.8, 4) is 0 Å². The van der Waals surface area contributed by atoms with Crippen molar-refractivity contribution in [2.24, 2.45) is 17.3 Å². The van der Waals surface area contributed by atoms with Crippen LogP contribution in [0.3, 0.4) is 0 Å². The van der Waals surface area contributed by atoms with E-state index in [1.54, 1.807) is 13.8 Å². The molecule has 2 fully saturated rings. The molecule has 0 aromatic carbocycles. The van der Waals surface area contributed by atoms with Crippen LogP contribution in [0.1, 0.15) is 13.8 Å². The van der Waals surface area contributed by atoms with Gasteiger partial charge in [0.1, 0.15) is 0 Å². The number of halogens is 2. The van der Waals surface area contributed by atoms with Gasteiger partial charge in [0.25, 0.3) is 5.92 Å². The first kappa shape index (κ1) is 10.3. The van der Waals surface area contributed by atoms with E-state index >= 15 is 0 Å². The fourth-order valence-electron chi connectivity index (χ4n) is 1.89. The Morgan fingerprint density at radius 1 is 1.29 bits per heavy atom. The minimum absolute atomic E-state index is 0.205. The van der Waals surface area contributed by atoms with Gasteiger partial charge in [-0.05, 0) is 0 Å². The molecule has 1 atom stereocenters. The summed E-state index contributed by atoms with van der Waals surface area (Å²) >= 11 is 0. The van der Waals surface area contributed by atoms with Crippen LogP contribution in [0.4, 0.5) is 8.78 Å². The van der Waals surface area contributed by atoms with Gasteiger partial charge in [0.05, 0.1) is 19.1 Å². The monoisotopic (exact) mass is 205 g/mol. The standard InChI is InChI=1S/C10H17F2NO/c1-9(2)8(10(9,11)12)6-14-5-7-3-13-4-7/h7-8,13H,3-6H2,1-2H3. The first-order valence-corrected chi connectivity index (χ1v) is 5.12. The Hall–Kier alpha value is -0.220. The summed E-state index contributed by atoms with van der Waals surface area (Å²) in [4.78, 5) is 0. The van der Waals surface area contributed by atoms with E-state index in [-0.39, 0.29) is 6.61 Å². The van der Waals surface area contributed by atoms with Crippen molar-refractivity contribution in [2.75, 3.05) is 26.3 Å². The van der Waals surface area contributed by atoms with Gasteiger partial charge in [0.15, 0.2) is 0 Å². The summed E-state index contributed by atoms with van der Waals surface area (Å²) in [7, 11) is 0. The highest BCUT2D eigenvalue weighted by molar-refractivity contribution is 5.12. The summed E-state index contributed by atoms with van der Waals surface area (Å²) in [5, 5.41) is 3.12. The van der Waals surface area contributed by atoms with Crippen molar-refractivity contribution in [1.82, 2.24) is 5.32 Å². The zero-order valence-corrected chi connectivity index (χ0v) is 8.65. The number of ether oxygens (including phenoxy) is 1. The molecule has 2 aliphatic rings. The van der Waals surface area contributed by atoms with Crippen LogP contribution in [0.5, 0.6) is 0 Å². The maximum atomic E-state index is 13.1. The van der Waals surface area contributed by atoms with E-state index < -0.39 is 17.3 Å². The molecule has 0 bridgehead atoms. The Kier molecular flexibility index (Phi) is 2.31. The molecule has 2 nitrogen and oxygen atoms in total. The number of rotatable bonds is 4. The molecule has 1 saturated carbocycles. The molecule has 0 radical (unpaired) electrons. The summed E-state index contributed by atoms with van der Waals surface area (Å²) < 4.78 is 31.5. The number of hydrogen-bond acceptors (Lipinski definition) is 2. The summed E-state index contributed by atoms with van der Waals surface area (Å²) in [6.07, 6.45) is 0. The lowest BCUT2D eigenvalue weighted by Crippen LogP contribution is -2.44. The number of nitrogens with one attached hydrogen (secondary N) is 1. The third-order valence-corrected chi connectivity index (χ3v) is 3.59. The maximum absolute atomic E-state index is 13.1. The van der Waals surface area contributed by atoms with Gasteiger partial charge >= 0.3 is 0 Å². The molecule has 0 aromatic rings. The van der Waals surface area contributed by atoms with Gasteiger partial charge in [-0.25, -0.2) is 8.78 Å². The lowest BCUT2D eigenvalue weighted by Gasteiger charge is -2.26. The SMILES string of the molecule is CC1(C)C(COCC2CNC2)C1(F)F. The fourth-order valence-corrected chi connectivity index (χ4v) is 1.89. The Bertz CT molecular complexity index is 212. The van der Waals surface area contributed by atoms with Crippen LogP contribution < -0.4 is 5.32 Å². The second kappa shape index (κ2) is 3.14. The molecule has 1 aliphatic heterocycles. The predicted molar refractivity (Wildman–Crippen MR) is 49.4 cm³/mol. The molecule has 0 spiro atoms. The molecular formula is C10H17F2NO. The molecule has 1 saturated heterocycles. The minimum atomic E-state index is -2.52. The second-order valence-corrected chi connectivity index (χ2v) is 4.96. The van der Waals surface area contributed by atoms with Crippen molar-refractivity contribution >= 4 is 0 Å². The first-order chi connectivity index (χ1) is 6.46. The van der Waals surface area contributed by atoms with Crippen LogP contribution in [0.25, 0.3) is 0 Å². The fraction of sp³-hybridized carbons (Fsp3) is 1.00. The van der Waals surface area contributed by atoms with E-state index in [1.165, 1.54) is 0 Å². The summed E-state index contributed by atoms with van der Waals surface area (Å²) in [6.45, 7) is 5.96. The van der Waals surface area contributed by atoms with Gasteiger partial charge in [0.2, 0.25) is 0 Å². The third-order valence-electron chi connectivity index (χ3n) is 3.59. The molecule has 1 heterocycles. The third kappa shape index (κ3) is 1.44. The molecular weight excluding hydrogens is 188 g/mol. The van der Waals surface area contributed by atoms with Crippen LogP contribution in [0.2, 0.25) is 0 Å². The smallest absolute Gasteiger partial charge is 0.259 e. The predicted octanol–water partition coefficient (Wildman–Crippen LogP) is 1.51. The van der Waals surface area contributed by atoms with Crippen LogP contribution in [-0.2, 0) is 4.74 Å². The minimum Gasteiger partial charge on any atom is -0.381 e. The molecule has 0 amide bonds. The van der Waals surface area contributed by atoms with Crippen molar-refractivity contribution in [2.45, 2.75) is 19.8 Å². The highest BCUT2D eigenvalue weighted by Gasteiger charge is 2.74. The normalized spacial score (nSPS) is 33.9. The molecule has 4 heteroatoms. The molecule has 1 N–H and O–H groups in total. The van der Waals surface area contributed by atoms with Crippen molar-refractivity contribution in [1.29, 1.82) is 0 Å². The van der Waals surface area contributed by atoms with Gasteiger partial charge in [-0.15, -0.1) is 0 Å². The van der Waals surface area contributed by atoms with Gasteiger partial charge in [-0.2, -0.15) is 0 Å². The molecule has 1 aliphatic carbocycles. The van der Waals surface area contributed by atoms with E-state index in [4.69, 9.17) is 4.74 Å². The topological polar surface area (TPSA) is 21.3 Å². The Morgan fingerprint density at radius 3 is 2.21 bits per heavy atom. The molecule has 2 rings (SSSR count). The van der Waals surface area contributed by atoms with Crippen LogP contribution in [0.15, 0.2) is 0 Å². The largest absolute Gasteiger partial charge is 0.381 e. The van der Waals surface area contributed by atoms with Gasteiger partial charge < -0.3 is 10.1 Å². The van der Waals surface area contributed by atoms with E-state index in [0.717, 1.165) is 13.1 Å². The average Bonchev–Trinajstić information content (AvgIpc) is 2.35. The summed E-state index contributed by atoms with van der Waals surface area (Å²) in [5.41, 5.74) is -0.856. The van der Waals surface area contributed by atoms with E-state index in [1.807, 2.05) is 0 Å². The molecule has 1 unspecified atom stereocenters. The van der Waals surface area contributed by atoms with Crippen LogP contribution in [-0.4, -0.2) is 32.2 Å². The highest BCUT2D eigenvalue weighted by atomic mass is 19.3. The highest BCUT2D eigenvalue weighted by Crippen LogP contribution is 2.65. The summed E-state index contributed by atoms with van der Waals surface area (Å²) in [5.74, 6) is -2.57. The Morgan fingerprint density at radius 2 is 1.86 bits per heavy atom. The lowest BCUT2D eigenvalue weighted by atomic mass is 10.1. The summed E-state index contributed by atoms with van der Waals surface area (Å²) in [6, 6.07) is 0. The number of hydrogen-bond donors (Lipinski definition) is 1. The van der Waals surface area contributed by atoms with Crippen molar-refractivity contribution in [3.05, 3.63) is 0 Å². The Balaban J connectivity index is 1.67. The zero-order chi connectivity index (χ0) is 10.4. The molecule has 14 heavy (non-hydrogen) atoms. The van der Waals surface area contributed by atoms with E-state index in [9.17, 15) is 8.78 Å². The molecule has 82 valence electrons. The van der Waals surface area contributed by atoms with Crippen molar-refractivity contribution in [3.63, 3.8) is 0 Å². The maximum Gasteiger partial charge on any atom is 0.259 e. The van der Waals surface area contributed by atoms with Gasteiger partial charge in [0, 0.05) is 24.4 Å².